The Morgan fingerprint density at radius 2 is 1.43 bits per heavy atom. The Bertz CT molecular complexity index is 1360. The van der Waals surface area contributed by atoms with E-state index in [2.05, 4.69) is 0 Å². The van der Waals surface area contributed by atoms with E-state index in [1.165, 1.54) is 43.5 Å². The highest BCUT2D eigenvalue weighted by molar-refractivity contribution is 5.88. The molecule has 0 heterocycles. The molecule has 0 atom stereocenters. The molecule has 4 aromatic rings. The van der Waals surface area contributed by atoms with Gasteiger partial charge in [-0.1, -0.05) is 36.4 Å². The van der Waals surface area contributed by atoms with Crippen LogP contribution in [0.4, 0.5) is 26.3 Å². The normalized spacial score (nSPS) is 11.8. The molecular formula is C29H24F6O2. The molecule has 0 radical (unpaired) electrons. The zero-order valence-corrected chi connectivity index (χ0v) is 20.0. The summed E-state index contributed by atoms with van der Waals surface area (Å²) in [5.74, 6) is -1.72. The van der Waals surface area contributed by atoms with Crippen LogP contribution >= 0.6 is 0 Å². The number of aryl methyl sites for hydroxylation is 2. The lowest BCUT2D eigenvalue weighted by Gasteiger charge is -2.12. The molecule has 0 aliphatic rings. The summed E-state index contributed by atoms with van der Waals surface area (Å²) in [6, 6.07) is 16.6. The maximum absolute atomic E-state index is 15.2. The SMILES string of the molecule is COCCc1cc(F)c(-c2ccc3c(F)c(CCc4ccc(OCC(F)(F)F)cc4)ccc3c2)c(F)c1. The topological polar surface area (TPSA) is 18.5 Å². The zero-order chi connectivity index (χ0) is 26.6. The molecule has 0 fully saturated rings. The van der Waals surface area contributed by atoms with Crippen LogP contribution in [0, 0.1) is 17.5 Å². The maximum atomic E-state index is 15.2. The fourth-order valence-electron chi connectivity index (χ4n) is 4.15. The Morgan fingerprint density at radius 1 is 0.730 bits per heavy atom. The average molecular weight is 518 g/mol. The van der Waals surface area contributed by atoms with Crippen LogP contribution in [0.3, 0.4) is 0 Å². The number of methoxy groups -OCH3 is 1. The van der Waals surface area contributed by atoms with Crippen molar-refractivity contribution in [2.24, 2.45) is 0 Å². The summed E-state index contributed by atoms with van der Waals surface area (Å²) in [6.45, 7) is -1.02. The quantitative estimate of drug-likeness (QED) is 0.210. The van der Waals surface area contributed by atoms with Crippen molar-refractivity contribution >= 4 is 10.8 Å². The molecule has 37 heavy (non-hydrogen) atoms. The van der Waals surface area contributed by atoms with Crippen LogP contribution in [0.5, 0.6) is 5.75 Å². The van der Waals surface area contributed by atoms with Gasteiger partial charge in [-0.3, -0.25) is 0 Å². The smallest absolute Gasteiger partial charge is 0.422 e. The lowest BCUT2D eigenvalue weighted by molar-refractivity contribution is -0.153. The summed E-state index contributed by atoms with van der Waals surface area (Å²) >= 11 is 0. The highest BCUT2D eigenvalue weighted by atomic mass is 19.4. The van der Waals surface area contributed by atoms with Crippen molar-refractivity contribution in [1.29, 1.82) is 0 Å². The molecule has 194 valence electrons. The van der Waals surface area contributed by atoms with Crippen molar-refractivity contribution in [2.45, 2.75) is 25.4 Å². The fourth-order valence-corrected chi connectivity index (χ4v) is 4.15. The Morgan fingerprint density at radius 3 is 2.08 bits per heavy atom. The monoisotopic (exact) mass is 518 g/mol. The second-order valence-corrected chi connectivity index (χ2v) is 8.70. The van der Waals surface area contributed by atoms with Gasteiger partial charge < -0.3 is 9.47 Å². The van der Waals surface area contributed by atoms with Gasteiger partial charge in [-0.15, -0.1) is 0 Å². The Hall–Kier alpha value is -3.52. The number of ether oxygens (including phenoxy) is 2. The van der Waals surface area contributed by atoms with Crippen LogP contribution in [0.1, 0.15) is 16.7 Å². The summed E-state index contributed by atoms with van der Waals surface area (Å²) in [5, 5.41) is 0.835. The number of fused-ring (bicyclic) bond motifs is 1. The van der Waals surface area contributed by atoms with Crippen LogP contribution in [0.15, 0.2) is 66.7 Å². The molecule has 0 N–H and O–H groups in total. The van der Waals surface area contributed by atoms with Crippen LogP contribution in [0.25, 0.3) is 21.9 Å². The van der Waals surface area contributed by atoms with Gasteiger partial charge >= 0.3 is 6.18 Å². The first-order chi connectivity index (χ1) is 17.6. The molecule has 0 aromatic heterocycles. The van der Waals surface area contributed by atoms with E-state index in [-0.39, 0.29) is 11.3 Å². The minimum absolute atomic E-state index is 0.103. The van der Waals surface area contributed by atoms with Gasteiger partial charge in [0.05, 0.1) is 12.2 Å². The molecule has 0 amide bonds. The standard InChI is InChI=1S/C29H24F6O2/c1-36-13-12-19-14-25(30)27(26(31)15-19)22-8-11-24-21(16-22)7-6-20(28(24)32)5-2-18-3-9-23(10-4-18)37-17-29(33,34)35/h3-4,6-11,14-16H,2,5,12-13,17H2,1H3. The third-order valence-electron chi connectivity index (χ3n) is 6.03. The van der Waals surface area contributed by atoms with Crippen molar-refractivity contribution < 1.29 is 35.8 Å². The van der Waals surface area contributed by atoms with E-state index >= 15 is 4.39 Å². The minimum Gasteiger partial charge on any atom is -0.484 e. The van der Waals surface area contributed by atoms with Crippen molar-refractivity contribution in [3.63, 3.8) is 0 Å². The molecule has 2 nitrogen and oxygen atoms in total. The largest absolute Gasteiger partial charge is 0.484 e. The second kappa shape index (κ2) is 11.3. The van der Waals surface area contributed by atoms with E-state index in [0.717, 1.165) is 5.56 Å². The molecule has 0 bridgehead atoms. The van der Waals surface area contributed by atoms with Crippen molar-refractivity contribution in [3.8, 4) is 16.9 Å². The van der Waals surface area contributed by atoms with Crippen LogP contribution < -0.4 is 4.74 Å². The molecule has 0 saturated carbocycles. The van der Waals surface area contributed by atoms with E-state index in [9.17, 15) is 22.0 Å². The number of alkyl halides is 3. The van der Waals surface area contributed by atoms with Crippen molar-refractivity contribution in [3.05, 3.63) is 101 Å². The number of halogens is 6. The molecule has 0 spiro atoms. The van der Waals surface area contributed by atoms with E-state index in [0.29, 0.717) is 53.3 Å². The highest BCUT2D eigenvalue weighted by Gasteiger charge is 2.28. The Labute approximate surface area is 210 Å². The first-order valence-electron chi connectivity index (χ1n) is 11.6. The van der Waals surface area contributed by atoms with E-state index in [1.54, 1.807) is 30.3 Å². The number of benzene rings is 4. The van der Waals surface area contributed by atoms with E-state index in [4.69, 9.17) is 9.47 Å². The molecule has 8 heteroatoms. The summed E-state index contributed by atoms with van der Waals surface area (Å²) in [6.07, 6.45) is -3.21. The van der Waals surface area contributed by atoms with Gasteiger partial charge in [-0.2, -0.15) is 13.2 Å². The van der Waals surface area contributed by atoms with Gasteiger partial charge in [0, 0.05) is 12.5 Å². The molecule has 0 unspecified atom stereocenters. The lowest BCUT2D eigenvalue weighted by Crippen LogP contribution is -2.19. The van der Waals surface area contributed by atoms with Crippen LogP contribution in [-0.2, 0) is 24.0 Å². The summed E-state index contributed by atoms with van der Waals surface area (Å²) in [4.78, 5) is 0. The molecule has 0 saturated heterocycles. The molecular weight excluding hydrogens is 494 g/mol. The average Bonchev–Trinajstić information content (AvgIpc) is 2.85. The Kier molecular flexibility index (Phi) is 8.07. The van der Waals surface area contributed by atoms with Crippen LogP contribution in [0.2, 0.25) is 0 Å². The molecule has 4 aromatic carbocycles. The number of hydrogen-bond acceptors (Lipinski definition) is 2. The maximum Gasteiger partial charge on any atom is 0.422 e. The predicted molar refractivity (Wildman–Crippen MR) is 130 cm³/mol. The lowest BCUT2D eigenvalue weighted by atomic mass is 9.96. The van der Waals surface area contributed by atoms with Gasteiger partial charge in [0.1, 0.15) is 23.2 Å². The Balaban J connectivity index is 1.49. The third-order valence-corrected chi connectivity index (χ3v) is 6.03. The van der Waals surface area contributed by atoms with Crippen molar-refractivity contribution in [1.82, 2.24) is 0 Å². The first kappa shape index (κ1) is 26.5. The number of rotatable bonds is 9. The van der Waals surface area contributed by atoms with Crippen LogP contribution in [-0.4, -0.2) is 26.5 Å². The molecule has 0 aliphatic carbocycles. The molecule has 0 aliphatic heterocycles. The second-order valence-electron chi connectivity index (χ2n) is 8.70. The van der Waals surface area contributed by atoms with Gasteiger partial charge in [0.2, 0.25) is 0 Å². The van der Waals surface area contributed by atoms with Gasteiger partial charge in [0.25, 0.3) is 0 Å². The van der Waals surface area contributed by atoms with Gasteiger partial charge in [-0.25, -0.2) is 13.2 Å². The number of hydrogen-bond donors (Lipinski definition) is 0. The summed E-state index contributed by atoms with van der Waals surface area (Å²) < 4.78 is 91.2. The molecule has 4 rings (SSSR count). The van der Waals surface area contributed by atoms with Gasteiger partial charge in [0.15, 0.2) is 6.61 Å². The fraction of sp³-hybridized carbons (Fsp3) is 0.241. The van der Waals surface area contributed by atoms with Gasteiger partial charge in [-0.05, 0) is 77.2 Å². The first-order valence-corrected chi connectivity index (χ1v) is 11.6. The predicted octanol–water partition coefficient (Wildman–Crippen LogP) is 7.84. The van der Waals surface area contributed by atoms with Crippen molar-refractivity contribution in [2.75, 3.05) is 20.3 Å². The zero-order valence-electron chi connectivity index (χ0n) is 20.0. The van der Waals surface area contributed by atoms with E-state index in [1.807, 2.05) is 0 Å². The summed E-state index contributed by atoms with van der Waals surface area (Å²) in [7, 11) is 1.51. The summed E-state index contributed by atoms with van der Waals surface area (Å²) in [5.41, 5.74) is 1.89. The third kappa shape index (κ3) is 6.63. The van der Waals surface area contributed by atoms with E-state index < -0.39 is 30.2 Å². The minimum atomic E-state index is -4.41. The highest BCUT2D eigenvalue weighted by Crippen LogP contribution is 2.32.